The molecule has 10 nitrogen and oxygen atoms in total. The highest BCUT2D eigenvalue weighted by atomic mass is 19.4. The van der Waals surface area contributed by atoms with E-state index in [0.29, 0.717) is 35.3 Å². The largest absolute Gasteiger partial charge is 0.417 e. The molecule has 0 unspecified atom stereocenters. The number of allylic oxidation sites excluding steroid dienone is 3. The molecule has 4 heterocycles. The Morgan fingerprint density at radius 1 is 1.12 bits per heavy atom. The summed E-state index contributed by atoms with van der Waals surface area (Å²) < 4.78 is 97.4. The predicted molar refractivity (Wildman–Crippen MR) is 177 cm³/mol. The van der Waals surface area contributed by atoms with Gasteiger partial charge in [0.2, 0.25) is 0 Å². The van der Waals surface area contributed by atoms with Gasteiger partial charge in [-0.25, -0.2) is 19.4 Å². The minimum Gasteiger partial charge on any atom is -0.369 e. The third-order valence-electron chi connectivity index (χ3n) is 8.68. The molecule has 0 radical (unpaired) electrons. The van der Waals surface area contributed by atoms with Crippen LogP contribution in [-0.4, -0.2) is 59.0 Å². The fraction of sp³-hybridized carbons (Fsp3) is 0.371. The van der Waals surface area contributed by atoms with E-state index in [1.165, 1.54) is 18.0 Å². The van der Waals surface area contributed by atoms with Crippen LogP contribution in [0.3, 0.4) is 0 Å². The van der Waals surface area contributed by atoms with Crippen molar-refractivity contribution in [3.63, 3.8) is 0 Å². The second kappa shape index (κ2) is 14.7. The van der Waals surface area contributed by atoms with Crippen LogP contribution in [-0.2, 0) is 37.1 Å². The average Bonchev–Trinajstić information content (AvgIpc) is 3.79. The summed E-state index contributed by atoms with van der Waals surface area (Å²) in [6.45, 7) is 7.23. The van der Waals surface area contributed by atoms with Gasteiger partial charge in [-0.05, 0) is 55.5 Å². The quantitative estimate of drug-likeness (QED) is 0.158. The first-order valence-corrected chi connectivity index (χ1v) is 16.3. The average molecular weight is 733 g/mol. The van der Waals surface area contributed by atoms with Crippen LogP contribution in [0.2, 0.25) is 0 Å². The molecule has 1 aromatic carbocycles. The maximum Gasteiger partial charge on any atom is 0.417 e. The smallest absolute Gasteiger partial charge is 0.369 e. The lowest BCUT2D eigenvalue weighted by atomic mass is 9.84. The number of aromatic nitrogens is 4. The first-order chi connectivity index (χ1) is 24.5. The van der Waals surface area contributed by atoms with Gasteiger partial charge in [-0.15, -0.1) is 0 Å². The number of alkyl halides is 6. The molecule has 2 aliphatic rings. The first-order valence-electron chi connectivity index (χ1n) is 16.3. The van der Waals surface area contributed by atoms with Gasteiger partial charge in [-0.1, -0.05) is 31.7 Å². The molecule has 0 fully saturated rings. The molecule has 2 N–H and O–H groups in total. The molecule has 0 bridgehead atoms. The van der Waals surface area contributed by atoms with Crippen LogP contribution in [0.1, 0.15) is 72.3 Å². The number of carbonyl (C=O) groups is 2. The van der Waals surface area contributed by atoms with Crippen molar-refractivity contribution < 1.29 is 40.3 Å². The topological polar surface area (TPSA) is 123 Å². The number of amides is 2. The molecule has 0 aliphatic carbocycles. The lowest BCUT2D eigenvalue weighted by Gasteiger charge is -2.27. The van der Waals surface area contributed by atoms with Gasteiger partial charge >= 0.3 is 12.4 Å². The lowest BCUT2D eigenvalue weighted by Crippen LogP contribution is -2.44. The number of aryl methyl sites for hydroxylation is 1. The second-order valence-electron chi connectivity index (χ2n) is 12.4. The van der Waals surface area contributed by atoms with Gasteiger partial charge < -0.3 is 10.6 Å². The van der Waals surface area contributed by atoms with Crippen molar-refractivity contribution in [3.05, 3.63) is 101 Å². The summed E-state index contributed by atoms with van der Waals surface area (Å²) in [4.78, 5) is 42.8. The molecule has 276 valence electrons. The number of aliphatic imine (C=N–C) groups is 1. The molecule has 0 saturated heterocycles. The number of hydrogen-bond acceptors (Lipinski definition) is 7. The minimum atomic E-state index is -4.93. The molecule has 1 atom stereocenters. The number of fused-ring (bicyclic) bond motifs is 1. The molecule has 3 aromatic rings. The minimum absolute atomic E-state index is 0.0536. The van der Waals surface area contributed by atoms with Gasteiger partial charge in [-0.3, -0.25) is 19.2 Å². The normalized spacial score (nSPS) is 18.1. The highest BCUT2D eigenvalue weighted by molar-refractivity contribution is 6.09. The zero-order chi connectivity index (χ0) is 38.0. The third kappa shape index (κ3) is 8.07. The van der Waals surface area contributed by atoms with Crippen molar-refractivity contribution in [2.75, 3.05) is 0 Å². The first kappa shape index (κ1) is 37.9. The van der Waals surface area contributed by atoms with Crippen LogP contribution in [0.25, 0.3) is 11.4 Å². The van der Waals surface area contributed by atoms with Gasteiger partial charge in [-0.2, -0.15) is 31.4 Å². The molecular formula is C35H35F7N8O2. The summed E-state index contributed by atoms with van der Waals surface area (Å²) in [6, 6.07) is 2.77. The molecule has 2 amide bonds. The highest BCUT2D eigenvalue weighted by Gasteiger charge is 2.49. The summed E-state index contributed by atoms with van der Waals surface area (Å²) >= 11 is 0. The number of benzene rings is 1. The summed E-state index contributed by atoms with van der Waals surface area (Å²) in [5, 5.41) is 4.26. The predicted octanol–water partition coefficient (Wildman–Crippen LogP) is 7.04. The van der Waals surface area contributed by atoms with Crippen molar-refractivity contribution in [3.8, 4) is 11.4 Å². The van der Waals surface area contributed by atoms with Crippen LogP contribution in [0.5, 0.6) is 0 Å². The van der Waals surface area contributed by atoms with E-state index in [9.17, 15) is 40.3 Å². The number of halogens is 7. The Morgan fingerprint density at radius 2 is 1.87 bits per heavy atom. The number of nitrogens with zero attached hydrogens (tertiary/aromatic N) is 7. The molecule has 17 heteroatoms. The van der Waals surface area contributed by atoms with Crippen molar-refractivity contribution >= 4 is 17.8 Å². The van der Waals surface area contributed by atoms with Crippen molar-refractivity contribution in [1.29, 1.82) is 0 Å². The van der Waals surface area contributed by atoms with E-state index < -0.39 is 78.4 Å². The van der Waals surface area contributed by atoms with Crippen molar-refractivity contribution in [1.82, 2.24) is 29.5 Å². The summed E-state index contributed by atoms with van der Waals surface area (Å²) in [5.41, 5.74) is 3.73. The zero-order valence-electron chi connectivity index (χ0n) is 28.2. The molecule has 2 aliphatic heterocycles. The number of nitrogens with two attached hydrogens (primary N) is 1. The standard InChI is InChI=1S/C35H35F7N8O2/c1-4-13-49-19-24(16-45-49)29-44-15-23-18-48(20-28(23)46-29)30(51)26-14-22(8-10-27(26)35(40,41)42)17-50-31(52)33(47-32(50)43,11-6-12-34(37,38)39)21(3)7-9-25(36)5-2/h5,7-10,14-16,19H,3-4,6,11-13,17-18,20H2,1-2H3,(H2,43,47)/b9-7-,25-5+/t33-/m1/s1. The van der Waals surface area contributed by atoms with E-state index >= 15 is 0 Å². The Hall–Kier alpha value is -5.35. The number of hydrogen-bond donors (Lipinski definition) is 1. The van der Waals surface area contributed by atoms with E-state index in [-0.39, 0.29) is 24.2 Å². The number of rotatable bonds is 12. The van der Waals surface area contributed by atoms with Gasteiger partial charge in [0.1, 0.15) is 5.83 Å². The molecule has 52 heavy (non-hydrogen) atoms. The van der Waals surface area contributed by atoms with E-state index in [2.05, 4.69) is 26.6 Å². The molecular weight excluding hydrogens is 697 g/mol. The fourth-order valence-electron chi connectivity index (χ4n) is 6.01. The van der Waals surface area contributed by atoms with Crippen LogP contribution in [0.15, 0.2) is 78.0 Å². The van der Waals surface area contributed by atoms with E-state index in [0.717, 1.165) is 41.7 Å². The Balaban J connectivity index is 1.41. The van der Waals surface area contributed by atoms with Gasteiger partial charge in [0.05, 0.1) is 41.7 Å². The Kier molecular flexibility index (Phi) is 10.7. The summed E-state index contributed by atoms with van der Waals surface area (Å²) in [5.74, 6) is -2.65. The van der Waals surface area contributed by atoms with Crippen LogP contribution in [0.4, 0.5) is 30.7 Å². The zero-order valence-corrected chi connectivity index (χ0v) is 28.2. The maximum absolute atomic E-state index is 14.2. The summed E-state index contributed by atoms with van der Waals surface area (Å²) in [7, 11) is 0. The third-order valence-corrected chi connectivity index (χ3v) is 8.68. The monoisotopic (exact) mass is 732 g/mol. The van der Waals surface area contributed by atoms with E-state index in [1.807, 2.05) is 6.92 Å². The Bertz CT molecular complexity index is 1960. The Morgan fingerprint density at radius 3 is 2.54 bits per heavy atom. The lowest BCUT2D eigenvalue weighted by molar-refractivity contribution is -0.138. The van der Waals surface area contributed by atoms with Crippen molar-refractivity contribution in [2.24, 2.45) is 10.7 Å². The van der Waals surface area contributed by atoms with E-state index in [1.54, 1.807) is 17.1 Å². The van der Waals surface area contributed by atoms with Gasteiger partial charge in [0.25, 0.3) is 11.8 Å². The van der Waals surface area contributed by atoms with Crippen molar-refractivity contribution in [2.45, 2.75) is 83.6 Å². The Labute approximate surface area is 294 Å². The summed E-state index contributed by atoms with van der Waals surface area (Å²) in [6.07, 6.45) is -2.82. The van der Waals surface area contributed by atoms with Crippen LogP contribution >= 0.6 is 0 Å². The van der Waals surface area contributed by atoms with Gasteiger partial charge in [0, 0.05) is 37.5 Å². The molecule has 2 aromatic heterocycles. The number of carbonyl (C=O) groups excluding carboxylic acids is 2. The fourth-order valence-corrected chi connectivity index (χ4v) is 6.01. The second-order valence-corrected chi connectivity index (χ2v) is 12.4. The molecule has 0 saturated carbocycles. The van der Waals surface area contributed by atoms with E-state index in [4.69, 9.17) is 5.73 Å². The van der Waals surface area contributed by atoms with Crippen LogP contribution in [0, 0.1) is 0 Å². The highest BCUT2D eigenvalue weighted by Crippen LogP contribution is 2.39. The SMILES string of the molecule is C=C(/C=C\C(F)=C/C)[C@@]1(CCCC(F)(F)F)N=C(N)N(Cc2ccc(C(F)(F)F)c(C(=O)N3Cc4cnc(-c5cnn(CCC)c5)nc4C3)c2)C1=O. The van der Waals surface area contributed by atoms with Gasteiger partial charge in [0.15, 0.2) is 17.3 Å². The molecule has 5 rings (SSSR count). The number of guanidine groups is 1. The molecule has 0 spiro atoms. The maximum atomic E-state index is 14.2. The van der Waals surface area contributed by atoms with Crippen LogP contribution < -0.4 is 5.73 Å².